The number of nitrogens with one attached hydrogen (secondary N) is 2. The maximum atomic E-state index is 12.7. The fourth-order valence-corrected chi connectivity index (χ4v) is 4.34. The van der Waals surface area contributed by atoms with Crippen molar-refractivity contribution in [3.05, 3.63) is 71.9 Å². The molecular formula is C24H23N5O6S. The Hall–Kier alpha value is -4.32. The molecule has 0 saturated carbocycles. The highest BCUT2D eigenvalue weighted by Crippen LogP contribution is 2.19. The van der Waals surface area contributed by atoms with Gasteiger partial charge in [-0.15, -0.1) is 0 Å². The molecule has 4 aromatic rings. The van der Waals surface area contributed by atoms with Crippen molar-refractivity contribution < 1.29 is 27.2 Å². The van der Waals surface area contributed by atoms with E-state index in [1.165, 1.54) is 42.8 Å². The van der Waals surface area contributed by atoms with Crippen molar-refractivity contribution in [1.82, 2.24) is 15.0 Å². The summed E-state index contributed by atoms with van der Waals surface area (Å²) in [4.78, 5) is 37.4. The molecule has 2 heterocycles. The lowest BCUT2D eigenvalue weighted by atomic mass is 10.2. The first-order valence-electron chi connectivity index (χ1n) is 10.9. The second-order valence-corrected chi connectivity index (χ2v) is 9.61. The van der Waals surface area contributed by atoms with Crippen LogP contribution in [0.25, 0.3) is 11.1 Å². The van der Waals surface area contributed by atoms with E-state index in [2.05, 4.69) is 25.0 Å². The lowest BCUT2D eigenvalue weighted by Crippen LogP contribution is -2.32. The first kappa shape index (κ1) is 24.8. The van der Waals surface area contributed by atoms with E-state index in [1.807, 2.05) is 0 Å². The summed E-state index contributed by atoms with van der Waals surface area (Å²) in [5.74, 6) is -1.26. The van der Waals surface area contributed by atoms with Crippen molar-refractivity contribution in [2.45, 2.75) is 38.2 Å². The number of amides is 1. The molecule has 0 fully saturated rings. The summed E-state index contributed by atoms with van der Waals surface area (Å²) in [6.45, 7) is 5.18. The maximum absolute atomic E-state index is 12.7. The van der Waals surface area contributed by atoms with E-state index < -0.39 is 28.0 Å². The summed E-state index contributed by atoms with van der Waals surface area (Å²) in [5.41, 5.74) is 2.85. The number of esters is 1. The van der Waals surface area contributed by atoms with Crippen LogP contribution in [0.4, 0.5) is 11.6 Å². The number of oxazole rings is 1. The number of anilines is 2. The van der Waals surface area contributed by atoms with Crippen molar-refractivity contribution in [3.8, 4) is 0 Å². The summed E-state index contributed by atoms with van der Waals surface area (Å²) >= 11 is 0. The molecule has 186 valence electrons. The zero-order valence-electron chi connectivity index (χ0n) is 19.7. The van der Waals surface area contributed by atoms with Crippen LogP contribution in [0.1, 0.15) is 35.1 Å². The fourth-order valence-electron chi connectivity index (χ4n) is 3.40. The number of fused-ring (bicyclic) bond motifs is 1. The average molecular weight is 510 g/mol. The molecule has 0 aliphatic carbocycles. The Balaban J connectivity index is 1.41. The van der Waals surface area contributed by atoms with Crippen LogP contribution >= 0.6 is 0 Å². The number of carbonyl (C=O) groups excluding carboxylic acids is 2. The van der Waals surface area contributed by atoms with Crippen LogP contribution in [0.3, 0.4) is 0 Å². The van der Waals surface area contributed by atoms with E-state index in [4.69, 9.17) is 9.15 Å². The minimum atomic E-state index is -3.94. The number of hydrogen-bond donors (Lipinski definition) is 2. The third kappa shape index (κ3) is 5.66. The number of carbonyl (C=O) groups is 2. The number of aryl methyl sites for hydroxylation is 2. The molecular weight excluding hydrogens is 486 g/mol. The van der Waals surface area contributed by atoms with Crippen molar-refractivity contribution in [2.75, 3.05) is 10.0 Å². The highest BCUT2D eigenvalue weighted by Gasteiger charge is 2.23. The average Bonchev–Trinajstić information content (AvgIpc) is 3.29. The monoisotopic (exact) mass is 509 g/mol. The van der Waals surface area contributed by atoms with Gasteiger partial charge in [0.15, 0.2) is 18.1 Å². The van der Waals surface area contributed by atoms with Gasteiger partial charge in [0.2, 0.25) is 5.95 Å². The zero-order valence-corrected chi connectivity index (χ0v) is 20.5. The van der Waals surface area contributed by atoms with Crippen molar-refractivity contribution >= 4 is 44.6 Å². The molecule has 1 atom stereocenters. The Morgan fingerprint density at radius 3 is 2.39 bits per heavy atom. The van der Waals surface area contributed by atoms with Gasteiger partial charge in [0, 0.05) is 17.1 Å². The number of benzene rings is 2. The van der Waals surface area contributed by atoms with E-state index in [-0.39, 0.29) is 22.8 Å². The molecule has 1 unspecified atom stereocenters. The Bertz CT molecular complexity index is 1510. The van der Waals surface area contributed by atoms with E-state index in [0.29, 0.717) is 28.2 Å². The predicted molar refractivity (Wildman–Crippen MR) is 131 cm³/mol. The molecule has 0 spiro atoms. The van der Waals surface area contributed by atoms with Crippen molar-refractivity contribution in [2.24, 2.45) is 0 Å². The number of sulfonamides is 1. The van der Waals surface area contributed by atoms with Gasteiger partial charge in [0.25, 0.3) is 15.9 Å². The highest BCUT2D eigenvalue weighted by molar-refractivity contribution is 7.92. The van der Waals surface area contributed by atoms with E-state index in [9.17, 15) is 18.0 Å². The van der Waals surface area contributed by atoms with Gasteiger partial charge in [-0.25, -0.2) is 32.9 Å². The summed E-state index contributed by atoms with van der Waals surface area (Å²) < 4.78 is 38.3. The molecule has 0 aliphatic heterocycles. The summed E-state index contributed by atoms with van der Waals surface area (Å²) in [7, 11) is -3.94. The van der Waals surface area contributed by atoms with Crippen LogP contribution in [0.15, 0.2) is 64.2 Å². The highest BCUT2D eigenvalue weighted by atomic mass is 32.2. The molecule has 2 aromatic heterocycles. The molecule has 0 radical (unpaired) electrons. The van der Waals surface area contributed by atoms with E-state index in [1.54, 1.807) is 32.9 Å². The Labute approximate surface area is 207 Å². The Kier molecular flexibility index (Phi) is 6.97. The molecule has 0 bridgehead atoms. The summed E-state index contributed by atoms with van der Waals surface area (Å²) in [5, 5.41) is 2.64. The molecule has 0 aliphatic rings. The van der Waals surface area contributed by atoms with E-state index >= 15 is 0 Å². The van der Waals surface area contributed by atoms with Gasteiger partial charge in [0.05, 0.1) is 10.5 Å². The third-order valence-electron chi connectivity index (χ3n) is 5.12. The Morgan fingerprint density at radius 2 is 1.72 bits per heavy atom. The predicted octanol–water partition coefficient (Wildman–Crippen LogP) is 3.61. The van der Waals surface area contributed by atoms with Gasteiger partial charge in [-0.3, -0.25) is 4.79 Å². The number of hydrogen-bond acceptors (Lipinski definition) is 9. The van der Waals surface area contributed by atoms with Crippen molar-refractivity contribution in [3.63, 3.8) is 0 Å². The van der Waals surface area contributed by atoms with Crippen LogP contribution in [-0.4, -0.2) is 41.4 Å². The quantitative estimate of drug-likeness (QED) is 0.339. The van der Waals surface area contributed by atoms with Gasteiger partial charge < -0.3 is 14.5 Å². The number of ether oxygens (including phenoxy) is 1. The molecule has 4 rings (SSSR count). The molecule has 11 nitrogen and oxygen atoms in total. The maximum Gasteiger partial charge on any atom is 0.338 e. The SMILES string of the molecule is CCC(OC(=O)c1ccc2ocnc2c1)C(=O)Nc1ccc(S(=O)(=O)Nc2nc(C)cc(C)n2)cc1. The first-order valence-corrected chi connectivity index (χ1v) is 12.4. The summed E-state index contributed by atoms with van der Waals surface area (Å²) in [6.07, 6.45) is 0.444. The minimum Gasteiger partial charge on any atom is -0.449 e. The molecule has 1 amide bonds. The fraction of sp³-hybridized carbons (Fsp3) is 0.208. The van der Waals surface area contributed by atoms with E-state index in [0.717, 1.165) is 0 Å². The molecule has 2 aromatic carbocycles. The van der Waals surface area contributed by atoms with Crippen LogP contribution in [-0.2, 0) is 19.6 Å². The van der Waals surface area contributed by atoms with Gasteiger partial charge in [0.1, 0.15) is 5.52 Å². The van der Waals surface area contributed by atoms with Gasteiger partial charge in [-0.1, -0.05) is 6.92 Å². The molecule has 36 heavy (non-hydrogen) atoms. The van der Waals surface area contributed by atoms with Crippen LogP contribution in [0, 0.1) is 13.8 Å². The lowest BCUT2D eigenvalue weighted by molar-refractivity contribution is -0.124. The largest absolute Gasteiger partial charge is 0.449 e. The lowest BCUT2D eigenvalue weighted by Gasteiger charge is -2.16. The molecule has 12 heteroatoms. The normalized spacial score (nSPS) is 12.2. The molecule has 2 N–H and O–H groups in total. The van der Waals surface area contributed by atoms with Gasteiger partial charge in [-0.2, -0.15) is 0 Å². The minimum absolute atomic E-state index is 0.0276. The second-order valence-electron chi connectivity index (χ2n) is 7.93. The number of nitrogens with zero attached hydrogens (tertiary/aromatic N) is 3. The first-order chi connectivity index (χ1) is 17.1. The third-order valence-corrected chi connectivity index (χ3v) is 6.46. The zero-order chi connectivity index (χ0) is 25.9. The topological polar surface area (TPSA) is 153 Å². The Morgan fingerprint density at radius 1 is 1.03 bits per heavy atom. The second kappa shape index (κ2) is 10.1. The van der Waals surface area contributed by atoms with Crippen LogP contribution < -0.4 is 10.0 Å². The smallest absolute Gasteiger partial charge is 0.338 e. The summed E-state index contributed by atoms with van der Waals surface area (Å²) in [6, 6.07) is 11.9. The number of aromatic nitrogens is 3. The van der Waals surface area contributed by atoms with Crippen molar-refractivity contribution in [1.29, 1.82) is 0 Å². The number of rotatable bonds is 8. The molecule has 0 saturated heterocycles. The van der Waals surface area contributed by atoms with Gasteiger partial charge in [-0.05, 0) is 68.8 Å². The standard InChI is InChI=1S/C24H23N5O6S/c1-4-20(35-23(31)16-5-10-21-19(12-16)25-13-34-21)22(30)28-17-6-8-18(9-7-17)36(32,33)29-24-26-14(2)11-15(3)27-24/h5-13,20H,4H2,1-3H3,(H,28,30)(H,26,27,29). The van der Waals surface area contributed by atoms with Gasteiger partial charge >= 0.3 is 5.97 Å². The van der Waals surface area contributed by atoms with Crippen LogP contribution in [0.2, 0.25) is 0 Å². The van der Waals surface area contributed by atoms with Crippen LogP contribution in [0.5, 0.6) is 0 Å².